The van der Waals surface area contributed by atoms with E-state index < -0.39 is 15.7 Å². The molecule has 1 aliphatic carbocycles. The molecule has 1 heterocycles. The molecule has 0 aliphatic heterocycles. The zero-order valence-electron chi connectivity index (χ0n) is 18.8. The number of ether oxygens (including phenoxy) is 2. The van der Waals surface area contributed by atoms with E-state index in [4.69, 9.17) is 14.3 Å². The van der Waals surface area contributed by atoms with Gasteiger partial charge in [-0.15, -0.1) is 0 Å². The molecule has 0 unspecified atom stereocenters. The first-order chi connectivity index (χ1) is 15.9. The number of rotatable bonds is 11. The molecule has 1 fully saturated rings. The van der Waals surface area contributed by atoms with Crippen molar-refractivity contribution < 1.29 is 27.5 Å². The summed E-state index contributed by atoms with van der Waals surface area (Å²) in [6, 6.07) is 9.35. The van der Waals surface area contributed by atoms with E-state index in [9.17, 15) is 13.2 Å². The molecule has 1 amide bonds. The summed E-state index contributed by atoms with van der Waals surface area (Å²) in [6.07, 6.45) is 5.76. The Morgan fingerprint density at radius 1 is 1.12 bits per heavy atom. The topological polar surface area (TPSA) is 116 Å². The summed E-state index contributed by atoms with van der Waals surface area (Å²) >= 11 is 0. The molecular weight excluding hydrogens is 446 g/mol. The fraction of sp³-hybridized carbons (Fsp3) is 0.435. The average molecular weight is 476 g/mol. The third kappa shape index (κ3) is 7.00. The molecular formula is C23H29N3O6S. The fourth-order valence-corrected chi connectivity index (χ4v) is 4.71. The lowest BCUT2D eigenvalue weighted by Gasteiger charge is -2.12. The molecule has 1 aromatic heterocycles. The first-order valence-electron chi connectivity index (χ1n) is 10.8. The van der Waals surface area contributed by atoms with Gasteiger partial charge in [0.1, 0.15) is 17.7 Å². The third-order valence-electron chi connectivity index (χ3n) is 5.27. The second kappa shape index (κ2) is 11.8. The van der Waals surface area contributed by atoms with Crippen molar-refractivity contribution in [3.63, 3.8) is 0 Å². The SMILES string of the molecule is COCCCS(=O)(=O)c1ccc(C(=NOC2CCCC2)C(=O)Nc2ccc(OC)cn2)cc1. The highest BCUT2D eigenvalue weighted by molar-refractivity contribution is 7.91. The van der Waals surface area contributed by atoms with Crippen LogP contribution in [-0.4, -0.2) is 57.7 Å². The molecule has 1 N–H and O–H groups in total. The van der Waals surface area contributed by atoms with Gasteiger partial charge in [-0.1, -0.05) is 17.3 Å². The van der Waals surface area contributed by atoms with E-state index in [1.165, 1.54) is 32.5 Å². The molecule has 0 radical (unpaired) electrons. The Labute approximate surface area is 194 Å². The summed E-state index contributed by atoms with van der Waals surface area (Å²) < 4.78 is 35.0. The van der Waals surface area contributed by atoms with Crippen LogP contribution in [0.3, 0.4) is 0 Å². The molecule has 0 spiro atoms. The second-order valence-electron chi connectivity index (χ2n) is 7.68. The lowest BCUT2D eigenvalue weighted by Crippen LogP contribution is -2.25. The minimum absolute atomic E-state index is 0.0183. The number of pyridine rings is 1. The van der Waals surface area contributed by atoms with Gasteiger partial charge >= 0.3 is 0 Å². The van der Waals surface area contributed by atoms with Crippen LogP contribution in [0.5, 0.6) is 5.75 Å². The van der Waals surface area contributed by atoms with Crippen molar-refractivity contribution in [1.29, 1.82) is 0 Å². The summed E-state index contributed by atoms with van der Waals surface area (Å²) in [6.45, 7) is 0.367. The molecule has 3 rings (SSSR count). The monoisotopic (exact) mass is 475 g/mol. The summed E-state index contributed by atoms with van der Waals surface area (Å²) in [4.78, 5) is 23.0. The molecule has 0 bridgehead atoms. The Balaban J connectivity index is 1.80. The third-order valence-corrected chi connectivity index (χ3v) is 7.09. The number of carbonyl (C=O) groups is 1. The summed E-state index contributed by atoms with van der Waals surface area (Å²) in [7, 11) is -0.390. The van der Waals surface area contributed by atoms with Crippen LogP contribution >= 0.6 is 0 Å². The number of carbonyl (C=O) groups excluding carboxylic acids is 1. The van der Waals surface area contributed by atoms with E-state index in [2.05, 4.69) is 15.5 Å². The number of nitrogens with zero attached hydrogens (tertiary/aromatic N) is 2. The van der Waals surface area contributed by atoms with Crippen molar-refractivity contribution in [2.75, 3.05) is 31.9 Å². The highest BCUT2D eigenvalue weighted by Gasteiger charge is 2.21. The van der Waals surface area contributed by atoms with Crippen molar-refractivity contribution in [2.24, 2.45) is 5.16 Å². The Hall–Kier alpha value is -2.98. The van der Waals surface area contributed by atoms with E-state index in [0.717, 1.165) is 25.7 Å². The molecule has 2 aromatic rings. The maximum Gasteiger partial charge on any atom is 0.279 e. The molecule has 10 heteroatoms. The molecule has 1 saturated carbocycles. The van der Waals surface area contributed by atoms with Crippen LogP contribution in [0.4, 0.5) is 5.82 Å². The van der Waals surface area contributed by atoms with Gasteiger partial charge in [-0.3, -0.25) is 4.79 Å². The quantitative estimate of drug-likeness (QED) is 0.301. The largest absolute Gasteiger partial charge is 0.495 e. The van der Waals surface area contributed by atoms with Crippen LogP contribution in [0, 0.1) is 0 Å². The number of methoxy groups -OCH3 is 2. The number of amides is 1. The maximum absolute atomic E-state index is 13.0. The number of anilines is 1. The molecule has 9 nitrogen and oxygen atoms in total. The minimum atomic E-state index is -3.45. The van der Waals surface area contributed by atoms with Crippen LogP contribution in [-0.2, 0) is 24.2 Å². The Kier molecular flexibility index (Phi) is 8.79. The van der Waals surface area contributed by atoms with Gasteiger partial charge in [-0.2, -0.15) is 0 Å². The van der Waals surface area contributed by atoms with Gasteiger partial charge in [0.15, 0.2) is 15.5 Å². The molecule has 0 atom stereocenters. The first-order valence-corrected chi connectivity index (χ1v) is 12.5. The molecule has 1 aromatic carbocycles. The second-order valence-corrected chi connectivity index (χ2v) is 9.79. The number of sulfone groups is 1. The van der Waals surface area contributed by atoms with E-state index in [1.54, 1.807) is 24.3 Å². The van der Waals surface area contributed by atoms with Crippen molar-refractivity contribution in [1.82, 2.24) is 4.98 Å². The van der Waals surface area contributed by atoms with Crippen LogP contribution in [0.2, 0.25) is 0 Å². The number of nitrogens with one attached hydrogen (secondary N) is 1. The maximum atomic E-state index is 13.0. The van der Waals surface area contributed by atoms with E-state index in [0.29, 0.717) is 30.2 Å². The van der Waals surface area contributed by atoms with Gasteiger partial charge in [0, 0.05) is 19.3 Å². The fourth-order valence-electron chi connectivity index (χ4n) is 3.43. The highest BCUT2D eigenvalue weighted by atomic mass is 32.2. The Morgan fingerprint density at radius 2 is 1.85 bits per heavy atom. The predicted octanol–water partition coefficient (Wildman–Crippen LogP) is 3.20. The van der Waals surface area contributed by atoms with Gasteiger partial charge in [0.05, 0.1) is 24.0 Å². The van der Waals surface area contributed by atoms with Gasteiger partial charge < -0.3 is 19.6 Å². The Bertz CT molecular complexity index is 1050. The van der Waals surface area contributed by atoms with Gasteiger partial charge in [-0.25, -0.2) is 13.4 Å². The van der Waals surface area contributed by atoms with Crippen LogP contribution in [0.1, 0.15) is 37.7 Å². The smallest absolute Gasteiger partial charge is 0.279 e. The van der Waals surface area contributed by atoms with E-state index in [-0.39, 0.29) is 22.5 Å². The number of hydrogen-bond acceptors (Lipinski definition) is 8. The zero-order chi connectivity index (χ0) is 23.7. The highest BCUT2D eigenvalue weighted by Crippen LogP contribution is 2.22. The van der Waals surface area contributed by atoms with E-state index >= 15 is 0 Å². The standard InChI is InChI=1S/C23H29N3O6S/c1-30-14-5-15-33(28,29)20-11-8-17(9-12-20)22(26-32-18-6-3-4-7-18)23(27)25-21-13-10-19(31-2)16-24-21/h8-13,16,18H,3-7,14-15H2,1-2H3,(H,24,25,27). The van der Waals surface area contributed by atoms with Gasteiger partial charge in [0.2, 0.25) is 0 Å². The van der Waals surface area contributed by atoms with Crippen molar-refractivity contribution in [2.45, 2.75) is 43.1 Å². The normalized spacial score (nSPS) is 14.8. The lowest BCUT2D eigenvalue weighted by molar-refractivity contribution is -0.110. The number of aromatic nitrogens is 1. The average Bonchev–Trinajstić information content (AvgIpc) is 3.34. The summed E-state index contributed by atoms with van der Waals surface area (Å²) in [5, 5.41) is 6.84. The van der Waals surface area contributed by atoms with Crippen molar-refractivity contribution in [3.8, 4) is 5.75 Å². The number of benzene rings is 1. The van der Waals surface area contributed by atoms with Crippen LogP contribution in [0.25, 0.3) is 0 Å². The van der Waals surface area contributed by atoms with Crippen LogP contribution < -0.4 is 10.1 Å². The summed E-state index contributed by atoms with van der Waals surface area (Å²) in [5.41, 5.74) is 0.484. The minimum Gasteiger partial charge on any atom is -0.495 e. The van der Waals surface area contributed by atoms with E-state index in [1.807, 2.05) is 0 Å². The molecule has 178 valence electrons. The lowest BCUT2D eigenvalue weighted by atomic mass is 10.1. The molecule has 0 saturated heterocycles. The van der Waals surface area contributed by atoms with Gasteiger partial charge in [-0.05, 0) is 56.4 Å². The Morgan fingerprint density at radius 3 is 2.45 bits per heavy atom. The first kappa shape index (κ1) is 24.7. The number of hydrogen-bond donors (Lipinski definition) is 1. The van der Waals surface area contributed by atoms with Crippen molar-refractivity contribution in [3.05, 3.63) is 48.2 Å². The van der Waals surface area contributed by atoms with Crippen molar-refractivity contribution >= 4 is 27.3 Å². The van der Waals surface area contributed by atoms with Gasteiger partial charge in [0.25, 0.3) is 5.91 Å². The van der Waals surface area contributed by atoms with Crippen LogP contribution in [0.15, 0.2) is 52.6 Å². The predicted molar refractivity (Wildman–Crippen MR) is 124 cm³/mol. The number of oxime groups is 1. The molecule has 33 heavy (non-hydrogen) atoms. The zero-order valence-corrected chi connectivity index (χ0v) is 19.6. The summed E-state index contributed by atoms with van der Waals surface area (Å²) in [5.74, 6) is 0.358. The molecule has 1 aliphatic rings.